The topological polar surface area (TPSA) is 54.9 Å². The summed E-state index contributed by atoms with van der Waals surface area (Å²) < 4.78 is 0. The van der Waals surface area contributed by atoms with Gasteiger partial charge < -0.3 is 5.32 Å². The molecule has 1 unspecified atom stereocenters. The van der Waals surface area contributed by atoms with Crippen molar-refractivity contribution in [2.75, 3.05) is 6.54 Å². The molecular weight excluding hydrogens is 306 g/mol. The van der Waals surface area contributed by atoms with Crippen molar-refractivity contribution in [1.82, 2.24) is 15.5 Å². The van der Waals surface area contributed by atoms with E-state index in [0.717, 1.165) is 12.1 Å². The molecule has 0 aromatic carbocycles. The molecule has 0 spiro atoms. The van der Waals surface area contributed by atoms with Crippen LogP contribution in [0.15, 0.2) is 6.07 Å². The van der Waals surface area contributed by atoms with Crippen LogP contribution in [0.5, 0.6) is 0 Å². The summed E-state index contributed by atoms with van der Waals surface area (Å²) in [5, 5.41) is 10.8. The van der Waals surface area contributed by atoms with Crippen LogP contribution in [0, 0.1) is 19.3 Å². The van der Waals surface area contributed by atoms with Crippen molar-refractivity contribution in [3.63, 3.8) is 0 Å². The fourth-order valence-corrected chi connectivity index (χ4v) is 2.95. The molecule has 0 aliphatic heterocycles. The summed E-state index contributed by atoms with van der Waals surface area (Å²) in [6.07, 6.45) is 1.000. The minimum absolute atomic E-state index is 0.0890. The molecule has 4 nitrogen and oxygen atoms in total. The molecule has 0 aliphatic carbocycles. The van der Waals surface area contributed by atoms with Crippen LogP contribution in [0.4, 0.5) is 0 Å². The molecule has 0 fully saturated rings. The van der Waals surface area contributed by atoms with Crippen LogP contribution < -0.4 is 5.32 Å². The van der Waals surface area contributed by atoms with E-state index in [-0.39, 0.29) is 16.1 Å². The number of aromatic nitrogens is 2. The zero-order valence-electron chi connectivity index (χ0n) is 12.2. The highest BCUT2D eigenvalue weighted by molar-refractivity contribution is 9.09. The van der Waals surface area contributed by atoms with Crippen molar-refractivity contribution in [3.8, 4) is 0 Å². The number of hydrogen-bond acceptors (Lipinski definition) is 3. The number of alkyl halides is 1. The van der Waals surface area contributed by atoms with E-state index < -0.39 is 0 Å². The number of carbonyl (C=O) groups excluding carboxylic acids is 1. The molecule has 19 heavy (non-hydrogen) atoms. The number of nitrogens with one attached hydrogen (secondary N) is 1. The Hall–Kier alpha value is -0.970. The Labute approximate surface area is 123 Å². The molecule has 0 saturated carbocycles. The molecule has 1 atom stereocenters. The van der Waals surface area contributed by atoms with Gasteiger partial charge in [-0.05, 0) is 31.7 Å². The monoisotopic (exact) mass is 327 g/mol. The van der Waals surface area contributed by atoms with Gasteiger partial charge in [-0.3, -0.25) is 4.79 Å². The Balaban J connectivity index is 2.58. The van der Waals surface area contributed by atoms with Crippen molar-refractivity contribution < 1.29 is 4.79 Å². The van der Waals surface area contributed by atoms with E-state index in [1.807, 2.05) is 6.92 Å². The molecular formula is C14H22BrN3O. The minimum Gasteiger partial charge on any atom is -0.351 e. The molecule has 0 saturated heterocycles. The highest BCUT2D eigenvalue weighted by Gasteiger charge is 2.18. The van der Waals surface area contributed by atoms with Gasteiger partial charge in [-0.15, -0.1) is 0 Å². The molecule has 1 rings (SSSR count). The van der Waals surface area contributed by atoms with Gasteiger partial charge in [0.15, 0.2) is 0 Å². The number of aryl methyl sites for hydroxylation is 2. The van der Waals surface area contributed by atoms with Gasteiger partial charge >= 0.3 is 0 Å². The second-order valence-electron chi connectivity index (χ2n) is 6.06. The minimum atomic E-state index is -0.0890. The summed E-state index contributed by atoms with van der Waals surface area (Å²) in [4.78, 5) is 12.4. The third-order valence-corrected chi connectivity index (χ3v) is 3.31. The second-order valence-corrected chi connectivity index (χ2v) is 7.35. The summed E-state index contributed by atoms with van der Waals surface area (Å²) in [5.74, 6) is -0.0890. The van der Waals surface area contributed by atoms with Gasteiger partial charge in [-0.2, -0.15) is 10.2 Å². The first-order valence-corrected chi connectivity index (χ1v) is 7.34. The van der Waals surface area contributed by atoms with Crippen molar-refractivity contribution in [1.29, 1.82) is 0 Å². The maximum atomic E-state index is 12.1. The van der Waals surface area contributed by atoms with Crippen LogP contribution in [-0.2, 0) is 0 Å². The van der Waals surface area contributed by atoms with Gasteiger partial charge in [-0.25, -0.2) is 0 Å². The van der Waals surface area contributed by atoms with Gasteiger partial charge in [0.25, 0.3) is 5.91 Å². The molecule has 1 aromatic heterocycles. The molecule has 1 N–H and O–H groups in total. The van der Waals surface area contributed by atoms with Crippen LogP contribution >= 0.6 is 15.9 Å². The summed E-state index contributed by atoms with van der Waals surface area (Å²) in [6, 6.07) is 1.77. The number of hydrogen-bond donors (Lipinski definition) is 1. The van der Waals surface area contributed by atoms with Gasteiger partial charge in [0, 0.05) is 11.4 Å². The van der Waals surface area contributed by atoms with Crippen molar-refractivity contribution in [3.05, 3.63) is 23.0 Å². The Morgan fingerprint density at radius 1 is 1.37 bits per heavy atom. The number of amides is 1. The third-order valence-electron chi connectivity index (χ3n) is 2.66. The van der Waals surface area contributed by atoms with E-state index in [2.05, 4.69) is 52.2 Å². The first-order chi connectivity index (χ1) is 8.69. The summed E-state index contributed by atoms with van der Waals surface area (Å²) in [6.45, 7) is 10.8. The molecule has 0 aliphatic rings. The number of nitrogens with zero attached hydrogens (tertiary/aromatic N) is 2. The lowest BCUT2D eigenvalue weighted by atomic mass is 9.90. The van der Waals surface area contributed by atoms with Gasteiger partial charge in [0.1, 0.15) is 0 Å². The Morgan fingerprint density at radius 2 is 2.00 bits per heavy atom. The van der Waals surface area contributed by atoms with Crippen LogP contribution in [0.25, 0.3) is 0 Å². The van der Waals surface area contributed by atoms with E-state index in [9.17, 15) is 4.79 Å². The SMILES string of the molecule is Cc1cc(C(=O)NCC(Br)CC(C)(C)C)c(C)nn1. The van der Waals surface area contributed by atoms with E-state index in [1.54, 1.807) is 13.0 Å². The Kier molecular flexibility index (Phi) is 5.47. The molecule has 1 heterocycles. The summed E-state index contributed by atoms with van der Waals surface area (Å²) >= 11 is 3.61. The average Bonchev–Trinajstić information content (AvgIpc) is 2.27. The highest BCUT2D eigenvalue weighted by Crippen LogP contribution is 2.24. The molecule has 106 valence electrons. The van der Waals surface area contributed by atoms with Crippen LogP contribution in [0.3, 0.4) is 0 Å². The lowest BCUT2D eigenvalue weighted by Crippen LogP contribution is -2.32. The van der Waals surface area contributed by atoms with Crippen LogP contribution in [-0.4, -0.2) is 27.5 Å². The number of rotatable bonds is 4. The van der Waals surface area contributed by atoms with E-state index in [1.165, 1.54) is 0 Å². The largest absolute Gasteiger partial charge is 0.351 e. The standard InChI is InChI=1S/C14H22BrN3O/c1-9-6-12(10(2)18-17-9)13(19)16-8-11(15)7-14(3,4)5/h6,11H,7-8H2,1-5H3,(H,16,19). The molecule has 5 heteroatoms. The Bertz CT molecular complexity index is 454. The lowest BCUT2D eigenvalue weighted by Gasteiger charge is -2.22. The van der Waals surface area contributed by atoms with Crippen molar-refractivity contribution in [2.45, 2.75) is 45.9 Å². The van der Waals surface area contributed by atoms with E-state index >= 15 is 0 Å². The van der Waals surface area contributed by atoms with E-state index in [0.29, 0.717) is 17.8 Å². The van der Waals surface area contributed by atoms with E-state index in [4.69, 9.17) is 0 Å². The average molecular weight is 328 g/mol. The lowest BCUT2D eigenvalue weighted by molar-refractivity contribution is 0.0951. The quantitative estimate of drug-likeness (QED) is 0.865. The smallest absolute Gasteiger partial charge is 0.253 e. The molecule has 1 amide bonds. The Morgan fingerprint density at radius 3 is 2.58 bits per heavy atom. The third kappa shape index (κ3) is 5.68. The van der Waals surface area contributed by atoms with Crippen LogP contribution in [0.2, 0.25) is 0 Å². The molecule has 1 aromatic rings. The predicted octanol–water partition coefficient (Wildman–Crippen LogP) is 3.02. The normalized spacial score (nSPS) is 13.2. The maximum Gasteiger partial charge on any atom is 0.253 e. The fraction of sp³-hybridized carbons (Fsp3) is 0.643. The van der Waals surface area contributed by atoms with Gasteiger partial charge in [0.2, 0.25) is 0 Å². The van der Waals surface area contributed by atoms with Crippen LogP contribution in [0.1, 0.15) is 48.9 Å². The van der Waals surface area contributed by atoms with Crippen molar-refractivity contribution >= 4 is 21.8 Å². The highest BCUT2D eigenvalue weighted by atomic mass is 79.9. The number of carbonyl (C=O) groups is 1. The van der Waals surface area contributed by atoms with Gasteiger partial charge in [0.05, 0.1) is 17.0 Å². The van der Waals surface area contributed by atoms with Gasteiger partial charge in [-0.1, -0.05) is 36.7 Å². The summed E-state index contributed by atoms with van der Waals surface area (Å²) in [7, 11) is 0. The first-order valence-electron chi connectivity index (χ1n) is 6.42. The number of halogens is 1. The first kappa shape index (κ1) is 16.1. The molecule has 0 radical (unpaired) electrons. The predicted molar refractivity (Wildman–Crippen MR) is 80.6 cm³/mol. The second kappa shape index (κ2) is 6.46. The molecule has 0 bridgehead atoms. The fourth-order valence-electron chi connectivity index (χ4n) is 1.82. The zero-order valence-corrected chi connectivity index (χ0v) is 13.8. The zero-order chi connectivity index (χ0) is 14.6. The summed E-state index contributed by atoms with van der Waals surface area (Å²) in [5.41, 5.74) is 2.25. The van der Waals surface area contributed by atoms with Crippen molar-refractivity contribution in [2.24, 2.45) is 5.41 Å². The maximum absolute atomic E-state index is 12.1.